The lowest BCUT2D eigenvalue weighted by Gasteiger charge is -2.26. The zero-order chi connectivity index (χ0) is 22.7. The molecule has 162 valence electrons. The quantitative estimate of drug-likeness (QED) is 0.445. The standard InChI is InChI=1S/C22H20BrClN2O5/c1-4-30-18-10-13(9-16(23)19(18)31-5-2)8-15-20(27)25-22(29)26(21(15)28)14-7-6-12(3)17(24)11-14/h6-11H,4-5H2,1-3H3,(H,25,27,29)/b15-8-. The van der Waals surface area contributed by atoms with Gasteiger partial charge in [-0.2, -0.15) is 0 Å². The van der Waals surface area contributed by atoms with E-state index in [1.54, 1.807) is 31.2 Å². The Hall–Kier alpha value is -2.84. The lowest BCUT2D eigenvalue weighted by atomic mass is 10.1. The number of halogens is 2. The van der Waals surface area contributed by atoms with Crippen molar-refractivity contribution < 1.29 is 23.9 Å². The lowest BCUT2D eigenvalue weighted by molar-refractivity contribution is -0.122. The minimum atomic E-state index is -0.838. The van der Waals surface area contributed by atoms with Gasteiger partial charge in [0.15, 0.2) is 11.5 Å². The number of carbonyl (C=O) groups excluding carboxylic acids is 3. The number of barbiturate groups is 1. The Morgan fingerprint density at radius 3 is 2.45 bits per heavy atom. The summed E-state index contributed by atoms with van der Waals surface area (Å²) in [6.45, 7) is 6.34. The van der Waals surface area contributed by atoms with Crippen molar-refractivity contribution in [2.45, 2.75) is 20.8 Å². The van der Waals surface area contributed by atoms with Gasteiger partial charge in [-0.05, 0) is 78.2 Å². The Bertz CT molecular complexity index is 1100. The first kappa shape index (κ1) is 22.8. The summed E-state index contributed by atoms with van der Waals surface area (Å²) in [5.74, 6) is -0.548. The van der Waals surface area contributed by atoms with E-state index in [0.29, 0.717) is 39.8 Å². The number of nitrogens with zero attached hydrogens (tertiary/aromatic N) is 1. The number of hydrogen-bond donors (Lipinski definition) is 1. The molecule has 0 saturated carbocycles. The Balaban J connectivity index is 2.04. The zero-order valence-corrected chi connectivity index (χ0v) is 19.5. The lowest BCUT2D eigenvalue weighted by Crippen LogP contribution is -2.54. The number of amides is 4. The van der Waals surface area contributed by atoms with Crippen molar-refractivity contribution in [2.75, 3.05) is 18.1 Å². The molecular formula is C22H20BrClN2O5. The van der Waals surface area contributed by atoms with Crippen LogP contribution in [0.5, 0.6) is 11.5 Å². The molecule has 2 aromatic carbocycles. The van der Waals surface area contributed by atoms with Crippen molar-refractivity contribution >= 4 is 57.1 Å². The second-order valence-electron chi connectivity index (χ2n) is 6.59. The van der Waals surface area contributed by atoms with Crippen LogP contribution in [0.25, 0.3) is 6.08 Å². The summed E-state index contributed by atoms with van der Waals surface area (Å²) in [5, 5.41) is 2.60. The van der Waals surface area contributed by atoms with E-state index >= 15 is 0 Å². The molecule has 1 aliphatic heterocycles. The van der Waals surface area contributed by atoms with Gasteiger partial charge < -0.3 is 9.47 Å². The number of anilines is 1. The van der Waals surface area contributed by atoms with Crippen molar-refractivity contribution in [3.8, 4) is 11.5 Å². The molecule has 0 aromatic heterocycles. The minimum absolute atomic E-state index is 0.199. The number of carbonyl (C=O) groups is 3. The largest absolute Gasteiger partial charge is 0.490 e. The summed E-state index contributed by atoms with van der Waals surface area (Å²) in [4.78, 5) is 38.8. The van der Waals surface area contributed by atoms with Gasteiger partial charge in [0.1, 0.15) is 5.57 Å². The molecule has 0 atom stereocenters. The molecule has 7 nitrogen and oxygen atoms in total. The Labute approximate surface area is 193 Å². The molecule has 4 amide bonds. The van der Waals surface area contributed by atoms with Crippen molar-refractivity contribution in [3.63, 3.8) is 0 Å². The monoisotopic (exact) mass is 506 g/mol. The molecule has 0 aliphatic carbocycles. The van der Waals surface area contributed by atoms with Crippen LogP contribution in [0.4, 0.5) is 10.5 Å². The van der Waals surface area contributed by atoms with Crippen LogP contribution < -0.4 is 19.7 Å². The highest BCUT2D eigenvalue weighted by atomic mass is 79.9. The van der Waals surface area contributed by atoms with E-state index in [1.165, 1.54) is 12.1 Å². The molecule has 1 saturated heterocycles. The molecule has 1 heterocycles. The second-order valence-corrected chi connectivity index (χ2v) is 7.85. The van der Waals surface area contributed by atoms with Gasteiger partial charge in [-0.3, -0.25) is 14.9 Å². The summed E-state index contributed by atoms with van der Waals surface area (Å²) in [5.41, 5.74) is 1.38. The molecule has 9 heteroatoms. The Kier molecular flexibility index (Phi) is 7.02. The van der Waals surface area contributed by atoms with Crippen LogP contribution in [-0.2, 0) is 9.59 Å². The van der Waals surface area contributed by atoms with Gasteiger partial charge in [0.25, 0.3) is 11.8 Å². The third-order valence-electron chi connectivity index (χ3n) is 4.45. The summed E-state index contributed by atoms with van der Waals surface area (Å²) in [6.07, 6.45) is 1.40. The molecule has 1 aliphatic rings. The second kappa shape index (κ2) is 9.53. The van der Waals surface area contributed by atoms with E-state index < -0.39 is 17.8 Å². The number of benzene rings is 2. The molecule has 0 unspecified atom stereocenters. The predicted octanol–water partition coefficient (Wildman–Crippen LogP) is 4.87. The molecular weight excluding hydrogens is 488 g/mol. The third kappa shape index (κ3) is 4.75. The average Bonchev–Trinajstić information content (AvgIpc) is 2.70. The normalized spacial score (nSPS) is 15.3. The van der Waals surface area contributed by atoms with Crippen molar-refractivity contribution in [1.82, 2.24) is 5.32 Å². The van der Waals surface area contributed by atoms with Crippen molar-refractivity contribution in [1.29, 1.82) is 0 Å². The van der Waals surface area contributed by atoms with E-state index in [4.69, 9.17) is 21.1 Å². The first-order valence-corrected chi connectivity index (χ1v) is 10.7. The maximum Gasteiger partial charge on any atom is 0.335 e. The number of ether oxygens (including phenoxy) is 2. The van der Waals surface area contributed by atoms with Crippen LogP contribution in [-0.4, -0.2) is 31.1 Å². The molecule has 0 bridgehead atoms. The molecule has 0 radical (unpaired) electrons. The summed E-state index contributed by atoms with van der Waals surface area (Å²) in [7, 11) is 0. The molecule has 0 spiro atoms. The van der Waals surface area contributed by atoms with Gasteiger partial charge >= 0.3 is 6.03 Å². The highest BCUT2D eigenvalue weighted by Crippen LogP contribution is 2.38. The maximum absolute atomic E-state index is 13.1. The summed E-state index contributed by atoms with van der Waals surface area (Å²) < 4.78 is 11.9. The number of nitrogens with one attached hydrogen (secondary N) is 1. The van der Waals surface area contributed by atoms with Gasteiger partial charge in [-0.15, -0.1) is 0 Å². The molecule has 2 aromatic rings. The summed E-state index contributed by atoms with van der Waals surface area (Å²) in [6, 6.07) is 7.31. The van der Waals surface area contributed by atoms with Crippen LogP contribution in [0.1, 0.15) is 25.0 Å². The third-order valence-corrected chi connectivity index (χ3v) is 5.44. The Morgan fingerprint density at radius 2 is 1.81 bits per heavy atom. The van der Waals surface area contributed by atoms with Crippen LogP contribution in [0.2, 0.25) is 5.02 Å². The van der Waals surface area contributed by atoms with Crippen LogP contribution in [0.15, 0.2) is 40.4 Å². The minimum Gasteiger partial charge on any atom is -0.490 e. The molecule has 31 heavy (non-hydrogen) atoms. The van der Waals surface area contributed by atoms with E-state index in [9.17, 15) is 14.4 Å². The fourth-order valence-electron chi connectivity index (χ4n) is 3.00. The van der Waals surface area contributed by atoms with Crippen LogP contribution >= 0.6 is 27.5 Å². The predicted molar refractivity (Wildman–Crippen MR) is 122 cm³/mol. The van der Waals surface area contributed by atoms with Gasteiger partial charge in [0, 0.05) is 5.02 Å². The SMILES string of the molecule is CCOc1cc(/C=C2/C(=O)NC(=O)N(c3ccc(C)c(Cl)c3)C2=O)cc(Br)c1OCC. The summed E-state index contributed by atoms with van der Waals surface area (Å²) >= 11 is 9.58. The number of rotatable bonds is 6. The molecule has 3 rings (SSSR count). The van der Waals surface area contributed by atoms with Crippen molar-refractivity contribution in [3.05, 3.63) is 56.5 Å². The van der Waals surface area contributed by atoms with Gasteiger partial charge in [0.2, 0.25) is 0 Å². The van der Waals surface area contributed by atoms with E-state index in [0.717, 1.165) is 10.5 Å². The van der Waals surface area contributed by atoms with Crippen LogP contribution in [0.3, 0.4) is 0 Å². The topological polar surface area (TPSA) is 84.9 Å². The Morgan fingerprint density at radius 1 is 1.10 bits per heavy atom. The first-order chi connectivity index (χ1) is 14.8. The smallest absolute Gasteiger partial charge is 0.335 e. The number of aryl methyl sites for hydroxylation is 1. The van der Waals surface area contributed by atoms with Gasteiger partial charge in [0.05, 0.1) is 23.4 Å². The molecule has 1 N–H and O–H groups in total. The average molecular weight is 508 g/mol. The van der Waals surface area contributed by atoms with E-state index in [-0.39, 0.29) is 11.3 Å². The number of urea groups is 1. The van der Waals surface area contributed by atoms with Gasteiger partial charge in [-0.25, -0.2) is 9.69 Å². The maximum atomic E-state index is 13.1. The highest BCUT2D eigenvalue weighted by Gasteiger charge is 2.37. The van der Waals surface area contributed by atoms with Gasteiger partial charge in [-0.1, -0.05) is 17.7 Å². The number of hydrogen-bond acceptors (Lipinski definition) is 5. The highest BCUT2D eigenvalue weighted by molar-refractivity contribution is 9.10. The number of imide groups is 2. The zero-order valence-electron chi connectivity index (χ0n) is 17.1. The van der Waals surface area contributed by atoms with E-state index in [2.05, 4.69) is 21.2 Å². The fraction of sp³-hybridized carbons (Fsp3) is 0.227. The first-order valence-electron chi connectivity index (χ1n) is 9.53. The fourth-order valence-corrected chi connectivity index (χ4v) is 3.75. The van der Waals surface area contributed by atoms with E-state index in [1.807, 2.05) is 13.8 Å². The molecule has 1 fully saturated rings. The van der Waals surface area contributed by atoms with Crippen molar-refractivity contribution in [2.24, 2.45) is 0 Å². The van der Waals surface area contributed by atoms with Crippen LogP contribution in [0, 0.1) is 6.92 Å².